The lowest BCUT2D eigenvalue weighted by Crippen LogP contribution is -2.54. The van der Waals surface area contributed by atoms with Crippen molar-refractivity contribution >= 4 is 5.91 Å². The minimum Gasteiger partial charge on any atom is -0.457 e. The van der Waals surface area contributed by atoms with E-state index in [0.29, 0.717) is 23.0 Å². The number of hydrogen-bond donors (Lipinski definition) is 4. The van der Waals surface area contributed by atoms with Gasteiger partial charge in [-0.3, -0.25) is 4.79 Å². The van der Waals surface area contributed by atoms with Crippen LogP contribution in [0.5, 0.6) is 11.5 Å². The van der Waals surface area contributed by atoms with E-state index in [2.05, 4.69) is 10.3 Å². The molecule has 4 rings (SSSR count). The molecule has 1 heterocycles. The Morgan fingerprint density at radius 2 is 1.73 bits per heavy atom. The van der Waals surface area contributed by atoms with Gasteiger partial charge in [-0.25, -0.2) is 4.98 Å². The molecule has 1 unspecified atom stereocenters. The third-order valence-electron chi connectivity index (χ3n) is 5.73. The molecule has 2 aromatic carbocycles. The number of carbonyl (C=O) groups excluding carboxylic acids is 1. The van der Waals surface area contributed by atoms with Gasteiger partial charge in [0.25, 0.3) is 0 Å². The standard InChI is InChI=1S/C25H28N2O6/c1-16(30)27-25(14-28,15-29)12-23(31)18-6-10-21(11-7-18)33-20-8-4-17(5-9-20)22-13-32-24(26-22)19-2-3-19/h4-11,13,19,23,28-29,31H,2-3,12,14-15H2,1H3,(H,27,30). The van der Waals surface area contributed by atoms with Crippen molar-refractivity contribution in [1.29, 1.82) is 0 Å². The molecule has 0 aliphatic heterocycles. The number of aromatic nitrogens is 1. The molecule has 1 aliphatic rings. The van der Waals surface area contributed by atoms with E-state index in [-0.39, 0.29) is 6.42 Å². The first kappa shape index (κ1) is 23.0. The molecule has 3 aromatic rings. The highest BCUT2D eigenvalue weighted by molar-refractivity contribution is 5.73. The second-order valence-electron chi connectivity index (χ2n) is 8.54. The molecular formula is C25H28N2O6. The average Bonchev–Trinajstić information content (AvgIpc) is 3.56. The van der Waals surface area contributed by atoms with Gasteiger partial charge in [0, 0.05) is 24.8 Å². The smallest absolute Gasteiger partial charge is 0.217 e. The van der Waals surface area contributed by atoms with E-state index in [0.717, 1.165) is 30.0 Å². The number of amides is 1. The number of nitrogens with one attached hydrogen (secondary N) is 1. The van der Waals surface area contributed by atoms with E-state index in [4.69, 9.17) is 9.15 Å². The Labute approximate surface area is 191 Å². The number of aliphatic hydroxyl groups is 3. The van der Waals surface area contributed by atoms with Crippen LogP contribution >= 0.6 is 0 Å². The zero-order valence-corrected chi connectivity index (χ0v) is 18.4. The Balaban J connectivity index is 1.38. The molecule has 1 saturated carbocycles. The third kappa shape index (κ3) is 5.60. The van der Waals surface area contributed by atoms with Crippen molar-refractivity contribution in [3.63, 3.8) is 0 Å². The number of ether oxygens (including phenoxy) is 1. The van der Waals surface area contributed by atoms with Gasteiger partial charge in [0.15, 0.2) is 5.89 Å². The monoisotopic (exact) mass is 452 g/mol. The topological polar surface area (TPSA) is 125 Å². The fourth-order valence-electron chi connectivity index (χ4n) is 3.70. The fraction of sp³-hybridized carbons (Fsp3) is 0.360. The van der Waals surface area contributed by atoms with E-state index in [1.807, 2.05) is 24.3 Å². The van der Waals surface area contributed by atoms with Crippen LogP contribution in [0, 0.1) is 0 Å². The van der Waals surface area contributed by atoms with Crippen LogP contribution in [0.2, 0.25) is 0 Å². The SMILES string of the molecule is CC(=O)NC(CO)(CO)CC(O)c1ccc(Oc2ccc(-c3coc(C4CC4)n3)cc2)cc1. The van der Waals surface area contributed by atoms with E-state index >= 15 is 0 Å². The average molecular weight is 453 g/mol. The molecule has 1 atom stereocenters. The zero-order chi connectivity index (χ0) is 23.4. The summed E-state index contributed by atoms with van der Waals surface area (Å²) in [5.41, 5.74) is 1.03. The lowest BCUT2D eigenvalue weighted by Gasteiger charge is -2.32. The first-order valence-corrected chi connectivity index (χ1v) is 10.9. The lowest BCUT2D eigenvalue weighted by molar-refractivity contribution is -0.122. The molecule has 0 radical (unpaired) electrons. The fourth-order valence-corrected chi connectivity index (χ4v) is 3.70. The number of carbonyl (C=O) groups is 1. The molecule has 1 aliphatic carbocycles. The molecule has 1 aromatic heterocycles. The van der Waals surface area contributed by atoms with Crippen molar-refractivity contribution in [2.24, 2.45) is 0 Å². The van der Waals surface area contributed by atoms with Crippen molar-refractivity contribution in [2.45, 2.75) is 43.7 Å². The van der Waals surface area contributed by atoms with E-state index in [1.165, 1.54) is 6.92 Å². The summed E-state index contributed by atoms with van der Waals surface area (Å²) in [5, 5.41) is 32.4. The minimum absolute atomic E-state index is 0.0360. The minimum atomic E-state index is -1.30. The van der Waals surface area contributed by atoms with Crippen molar-refractivity contribution in [1.82, 2.24) is 10.3 Å². The van der Waals surface area contributed by atoms with Crippen LogP contribution in [-0.2, 0) is 4.79 Å². The summed E-state index contributed by atoms with van der Waals surface area (Å²) < 4.78 is 11.4. The molecule has 0 spiro atoms. The van der Waals surface area contributed by atoms with Crippen molar-refractivity contribution < 1.29 is 29.3 Å². The van der Waals surface area contributed by atoms with Gasteiger partial charge >= 0.3 is 0 Å². The van der Waals surface area contributed by atoms with Gasteiger partial charge in [-0.15, -0.1) is 0 Å². The maximum absolute atomic E-state index is 11.4. The van der Waals surface area contributed by atoms with E-state index in [9.17, 15) is 20.1 Å². The molecule has 4 N–H and O–H groups in total. The van der Waals surface area contributed by atoms with Gasteiger partial charge in [-0.05, 0) is 54.8 Å². The highest BCUT2D eigenvalue weighted by Crippen LogP contribution is 2.40. The van der Waals surface area contributed by atoms with Gasteiger partial charge < -0.3 is 29.8 Å². The Morgan fingerprint density at radius 1 is 1.12 bits per heavy atom. The number of oxazole rings is 1. The number of hydrogen-bond acceptors (Lipinski definition) is 7. The van der Waals surface area contributed by atoms with E-state index in [1.54, 1.807) is 30.5 Å². The maximum Gasteiger partial charge on any atom is 0.217 e. The molecule has 8 heteroatoms. The summed E-state index contributed by atoms with van der Waals surface area (Å²) in [6, 6.07) is 14.4. The number of rotatable bonds is 10. The highest BCUT2D eigenvalue weighted by atomic mass is 16.5. The Morgan fingerprint density at radius 3 is 2.27 bits per heavy atom. The van der Waals surface area contributed by atoms with Crippen LogP contribution in [0.3, 0.4) is 0 Å². The summed E-state index contributed by atoms with van der Waals surface area (Å²) in [6.45, 7) is 0.309. The van der Waals surface area contributed by atoms with Crippen molar-refractivity contribution in [3.05, 3.63) is 66.2 Å². The molecule has 1 amide bonds. The van der Waals surface area contributed by atoms with Gasteiger partial charge in [0.05, 0.1) is 24.9 Å². The van der Waals surface area contributed by atoms with Crippen LogP contribution in [-0.4, -0.2) is 45.0 Å². The second kappa shape index (κ2) is 9.74. The van der Waals surface area contributed by atoms with Gasteiger partial charge in [0.1, 0.15) is 23.5 Å². The number of benzene rings is 2. The van der Waals surface area contributed by atoms with Crippen LogP contribution in [0.1, 0.15) is 49.7 Å². The third-order valence-corrected chi connectivity index (χ3v) is 5.73. The second-order valence-corrected chi connectivity index (χ2v) is 8.54. The largest absolute Gasteiger partial charge is 0.457 e. The summed E-state index contributed by atoms with van der Waals surface area (Å²) in [6.07, 6.45) is 2.93. The summed E-state index contributed by atoms with van der Waals surface area (Å²) in [7, 11) is 0. The molecule has 174 valence electrons. The predicted octanol–water partition coefficient (Wildman–Crippen LogP) is 3.29. The zero-order valence-electron chi connectivity index (χ0n) is 18.4. The lowest BCUT2D eigenvalue weighted by atomic mass is 9.90. The normalized spacial score (nSPS) is 14.7. The number of aliphatic hydroxyl groups excluding tert-OH is 3. The Bertz CT molecular complexity index is 1070. The molecule has 0 bridgehead atoms. The van der Waals surface area contributed by atoms with Crippen LogP contribution in [0.25, 0.3) is 11.3 Å². The molecule has 33 heavy (non-hydrogen) atoms. The number of nitrogens with zero attached hydrogens (tertiary/aromatic N) is 1. The first-order chi connectivity index (χ1) is 15.9. The van der Waals surface area contributed by atoms with Crippen molar-refractivity contribution in [2.75, 3.05) is 13.2 Å². The van der Waals surface area contributed by atoms with Crippen LogP contribution < -0.4 is 10.1 Å². The summed E-state index contributed by atoms with van der Waals surface area (Å²) in [4.78, 5) is 16.0. The van der Waals surface area contributed by atoms with Gasteiger partial charge in [-0.1, -0.05) is 12.1 Å². The predicted molar refractivity (Wildman–Crippen MR) is 121 cm³/mol. The maximum atomic E-state index is 11.4. The van der Waals surface area contributed by atoms with Crippen LogP contribution in [0.4, 0.5) is 0 Å². The van der Waals surface area contributed by atoms with Gasteiger partial charge in [-0.2, -0.15) is 0 Å². The summed E-state index contributed by atoms with van der Waals surface area (Å²) in [5.74, 6) is 2.13. The van der Waals surface area contributed by atoms with E-state index < -0.39 is 30.8 Å². The molecule has 0 saturated heterocycles. The van der Waals surface area contributed by atoms with Gasteiger partial charge in [0.2, 0.25) is 5.91 Å². The Kier molecular flexibility index (Phi) is 6.78. The molecule has 8 nitrogen and oxygen atoms in total. The quantitative estimate of drug-likeness (QED) is 0.372. The summed E-state index contributed by atoms with van der Waals surface area (Å²) >= 11 is 0. The molecular weight excluding hydrogens is 424 g/mol. The highest BCUT2D eigenvalue weighted by Gasteiger charge is 2.33. The van der Waals surface area contributed by atoms with Crippen LogP contribution in [0.15, 0.2) is 59.2 Å². The first-order valence-electron chi connectivity index (χ1n) is 10.9. The Hall–Kier alpha value is -3.20. The van der Waals surface area contributed by atoms with Crippen molar-refractivity contribution in [3.8, 4) is 22.8 Å². The molecule has 1 fully saturated rings.